The Labute approximate surface area is 199 Å². The molecule has 0 aliphatic carbocycles. The number of rotatable bonds is 5. The van der Waals surface area contributed by atoms with Gasteiger partial charge in [0.05, 0.1) is 12.8 Å². The number of methoxy groups -OCH3 is 1. The number of aryl methyl sites for hydroxylation is 1. The second kappa shape index (κ2) is 8.96. The zero-order chi connectivity index (χ0) is 23.7. The molecule has 1 amide bonds. The number of nitrogens with zero attached hydrogens (tertiary/aromatic N) is 1. The number of aromatic nitrogens is 1. The number of benzene rings is 3. The normalized spacial score (nSPS) is 10.9. The Morgan fingerprint density at radius 3 is 2.38 bits per heavy atom. The minimum atomic E-state index is -0.708. The third-order valence-electron chi connectivity index (χ3n) is 5.47. The van der Waals surface area contributed by atoms with Crippen molar-refractivity contribution in [2.75, 3.05) is 12.4 Å². The summed E-state index contributed by atoms with van der Waals surface area (Å²) in [7, 11) is 1.55. The molecule has 0 aliphatic heterocycles. The molecule has 0 unspecified atom stereocenters. The molecule has 168 valence electrons. The zero-order valence-corrected chi connectivity index (χ0v) is 19.3. The summed E-state index contributed by atoms with van der Waals surface area (Å²) in [5, 5.41) is 3.75. The van der Waals surface area contributed by atoms with Crippen molar-refractivity contribution in [1.82, 2.24) is 4.98 Å². The molecule has 0 atom stereocenters. The van der Waals surface area contributed by atoms with Crippen molar-refractivity contribution in [2.24, 2.45) is 0 Å². The van der Waals surface area contributed by atoms with Gasteiger partial charge in [-0.1, -0.05) is 54.6 Å². The number of anilines is 1. The zero-order valence-electron chi connectivity index (χ0n) is 18.5. The van der Waals surface area contributed by atoms with Crippen LogP contribution in [0.5, 0.6) is 5.75 Å². The molecule has 0 bridgehead atoms. The molecule has 5 rings (SSSR count). The summed E-state index contributed by atoms with van der Waals surface area (Å²) in [6, 6.07) is 24.8. The Balaban J connectivity index is 1.40. The fourth-order valence-corrected chi connectivity index (χ4v) is 4.55. The largest absolute Gasteiger partial charge is 0.497 e. The highest BCUT2D eigenvalue weighted by Crippen LogP contribution is 2.32. The Morgan fingerprint density at radius 1 is 0.941 bits per heavy atom. The predicted molar refractivity (Wildman–Crippen MR) is 135 cm³/mol. The molecule has 0 spiro atoms. The maximum absolute atomic E-state index is 12.9. The molecular weight excluding hydrogens is 448 g/mol. The van der Waals surface area contributed by atoms with Crippen molar-refractivity contribution in [3.8, 4) is 28.1 Å². The smallest absolute Gasteiger partial charge is 0.349 e. The van der Waals surface area contributed by atoms with E-state index in [1.54, 1.807) is 25.3 Å². The number of thiazole rings is 1. The topological polar surface area (TPSA) is 81.4 Å². The Kier molecular flexibility index (Phi) is 5.69. The highest BCUT2D eigenvalue weighted by molar-refractivity contribution is 7.16. The molecule has 0 fully saturated rings. The van der Waals surface area contributed by atoms with Crippen LogP contribution in [0.3, 0.4) is 0 Å². The van der Waals surface area contributed by atoms with Crippen LogP contribution in [0.4, 0.5) is 5.13 Å². The van der Waals surface area contributed by atoms with Crippen molar-refractivity contribution in [1.29, 1.82) is 0 Å². The highest BCUT2D eigenvalue weighted by Gasteiger charge is 2.17. The highest BCUT2D eigenvalue weighted by atomic mass is 32.1. The van der Waals surface area contributed by atoms with Crippen LogP contribution >= 0.6 is 11.3 Å². The maximum Gasteiger partial charge on any atom is 0.349 e. The molecule has 5 aromatic rings. The van der Waals surface area contributed by atoms with Crippen molar-refractivity contribution in [2.45, 2.75) is 6.92 Å². The summed E-state index contributed by atoms with van der Waals surface area (Å²) in [5.74, 6) is 0.0318. The lowest BCUT2D eigenvalue weighted by Crippen LogP contribution is -2.20. The van der Waals surface area contributed by atoms with E-state index in [1.807, 2.05) is 37.3 Å². The average Bonchev–Trinajstić information content (AvgIpc) is 3.23. The number of nitrogens with one attached hydrogen (secondary N) is 1. The van der Waals surface area contributed by atoms with Crippen LogP contribution in [0, 0.1) is 6.92 Å². The van der Waals surface area contributed by atoms with Gasteiger partial charge >= 0.3 is 5.63 Å². The summed E-state index contributed by atoms with van der Waals surface area (Å²) in [5.41, 5.74) is 3.58. The molecule has 2 aromatic heterocycles. The van der Waals surface area contributed by atoms with Crippen LogP contribution in [-0.2, 0) is 0 Å². The lowest BCUT2D eigenvalue weighted by molar-refractivity contribution is 0.102. The third kappa shape index (κ3) is 4.21. The van der Waals surface area contributed by atoms with Crippen LogP contribution < -0.4 is 15.7 Å². The average molecular weight is 469 g/mol. The second-order valence-electron chi connectivity index (χ2n) is 7.67. The fourth-order valence-electron chi connectivity index (χ4n) is 3.72. The van der Waals surface area contributed by atoms with E-state index in [0.717, 1.165) is 27.3 Å². The van der Waals surface area contributed by atoms with Crippen LogP contribution in [0.1, 0.15) is 15.2 Å². The van der Waals surface area contributed by atoms with E-state index >= 15 is 0 Å². The third-order valence-corrected chi connectivity index (χ3v) is 6.35. The van der Waals surface area contributed by atoms with Crippen LogP contribution in [0.15, 0.2) is 88.1 Å². The minimum Gasteiger partial charge on any atom is -0.497 e. The quantitative estimate of drug-likeness (QED) is 0.313. The molecule has 2 heterocycles. The lowest BCUT2D eigenvalue weighted by Gasteiger charge is -2.05. The SMILES string of the molecule is COc1ccc2oc(=O)c(C(=O)Nc3nc(-c4ccc(-c5ccccc5)cc4)c(C)s3)cc2c1. The first-order chi connectivity index (χ1) is 16.5. The Morgan fingerprint density at radius 2 is 1.65 bits per heavy atom. The van der Waals surface area contributed by atoms with Crippen molar-refractivity contribution in [3.05, 3.63) is 99.7 Å². The number of ether oxygens (including phenoxy) is 1. The summed E-state index contributed by atoms with van der Waals surface area (Å²) < 4.78 is 10.5. The molecule has 0 saturated heterocycles. The van der Waals surface area contributed by atoms with Crippen molar-refractivity contribution < 1.29 is 13.9 Å². The first-order valence-electron chi connectivity index (χ1n) is 10.6. The monoisotopic (exact) mass is 468 g/mol. The number of carbonyl (C=O) groups is 1. The van der Waals surface area contributed by atoms with Gasteiger partial charge in [0.2, 0.25) is 0 Å². The van der Waals surface area contributed by atoms with Crippen molar-refractivity contribution >= 4 is 33.3 Å². The van der Waals surface area contributed by atoms with Crippen molar-refractivity contribution in [3.63, 3.8) is 0 Å². The molecule has 0 aliphatic rings. The van der Waals surface area contributed by atoms with Gasteiger partial charge in [0.15, 0.2) is 5.13 Å². The van der Waals surface area contributed by atoms with Gasteiger partial charge < -0.3 is 9.15 Å². The second-order valence-corrected chi connectivity index (χ2v) is 8.88. The Hall–Kier alpha value is -4.23. The van der Waals surface area contributed by atoms with E-state index in [9.17, 15) is 9.59 Å². The first kappa shape index (κ1) is 21.6. The summed E-state index contributed by atoms with van der Waals surface area (Å²) in [6.07, 6.45) is 0. The van der Waals surface area contributed by atoms with Crippen LogP contribution in [0.25, 0.3) is 33.4 Å². The van der Waals surface area contributed by atoms with E-state index in [-0.39, 0.29) is 5.56 Å². The van der Waals surface area contributed by atoms with E-state index in [4.69, 9.17) is 9.15 Å². The van der Waals surface area contributed by atoms with Crippen LogP contribution in [0.2, 0.25) is 0 Å². The van der Waals surface area contributed by atoms with Gasteiger partial charge in [-0.2, -0.15) is 0 Å². The summed E-state index contributed by atoms with van der Waals surface area (Å²) >= 11 is 1.35. The molecule has 7 heteroatoms. The van der Waals surface area contributed by atoms with Gasteiger partial charge in [0, 0.05) is 15.8 Å². The molecular formula is C27H20N2O4S. The van der Waals surface area contributed by atoms with Gasteiger partial charge in [0.1, 0.15) is 16.9 Å². The van der Waals surface area contributed by atoms with E-state index < -0.39 is 11.5 Å². The van der Waals surface area contributed by atoms with Gasteiger partial charge in [-0.05, 0) is 42.3 Å². The molecule has 0 radical (unpaired) electrons. The molecule has 0 saturated carbocycles. The fraction of sp³-hybridized carbons (Fsp3) is 0.0741. The Bertz CT molecular complexity index is 1550. The first-order valence-corrected chi connectivity index (χ1v) is 11.4. The van der Waals surface area contributed by atoms with Gasteiger partial charge in [0.25, 0.3) is 5.91 Å². The number of fused-ring (bicyclic) bond motifs is 1. The standard InChI is InChI=1S/C27H20N2O4S/c1-16-24(19-10-8-18(9-11-19)17-6-4-3-5-7-17)28-27(34-16)29-25(30)22-15-20-14-21(32-2)12-13-23(20)33-26(22)31/h3-15H,1-2H3,(H,28,29,30). The maximum atomic E-state index is 12.9. The summed E-state index contributed by atoms with van der Waals surface area (Å²) in [4.78, 5) is 30.8. The van der Waals surface area contributed by atoms with Gasteiger partial charge in [-0.25, -0.2) is 9.78 Å². The molecule has 6 nitrogen and oxygen atoms in total. The van der Waals surface area contributed by atoms with E-state index in [1.165, 1.54) is 17.4 Å². The lowest BCUT2D eigenvalue weighted by atomic mass is 10.0. The number of hydrogen-bond acceptors (Lipinski definition) is 6. The number of hydrogen-bond donors (Lipinski definition) is 1. The van der Waals surface area contributed by atoms with Gasteiger partial charge in [-0.15, -0.1) is 11.3 Å². The summed E-state index contributed by atoms with van der Waals surface area (Å²) in [6.45, 7) is 1.95. The minimum absolute atomic E-state index is 0.0950. The molecule has 3 aromatic carbocycles. The van der Waals surface area contributed by atoms with Crippen LogP contribution in [-0.4, -0.2) is 18.0 Å². The predicted octanol–water partition coefficient (Wildman–Crippen LogP) is 6.15. The van der Waals surface area contributed by atoms with E-state index in [0.29, 0.717) is 21.9 Å². The number of amides is 1. The molecule has 34 heavy (non-hydrogen) atoms. The molecule has 1 N–H and O–H groups in total. The van der Waals surface area contributed by atoms with Gasteiger partial charge in [-0.3, -0.25) is 10.1 Å². The van der Waals surface area contributed by atoms with E-state index in [2.05, 4.69) is 34.6 Å². The number of carbonyl (C=O) groups excluding carboxylic acids is 1.